The highest BCUT2D eigenvalue weighted by molar-refractivity contribution is 9.13. The maximum absolute atomic E-state index is 11.8. The molecule has 1 aromatic heterocycles. The summed E-state index contributed by atoms with van der Waals surface area (Å²) in [4.78, 5) is 12.5. The number of rotatable bonds is 5. The van der Waals surface area contributed by atoms with E-state index in [1.807, 2.05) is 13.8 Å². The third-order valence-electron chi connectivity index (χ3n) is 1.82. The molecular formula is C10H13Br2NO2S. The summed E-state index contributed by atoms with van der Waals surface area (Å²) in [5.74, 6) is -0.0661. The second-order valence-corrected chi connectivity index (χ2v) is 6.49. The Kier molecular flexibility index (Phi) is 5.96. The van der Waals surface area contributed by atoms with Gasteiger partial charge in [-0.1, -0.05) is 0 Å². The van der Waals surface area contributed by atoms with Gasteiger partial charge in [-0.25, -0.2) is 0 Å². The molecule has 1 rings (SSSR count). The molecule has 0 saturated carbocycles. The van der Waals surface area contributed by atoms with Crippen LogP contribution in [0.5, 0.6) is 0 Å². The molecule has 0 radical (unpaired) electrons. The molecule has 1 amide bonds. The molecule has 6 heteroatoms. The summed E-state index contributed by atoms with van der Waals surface area (Å²) in [7, 11) is 0. The van der Waals surface area contributed by atoms with Gasteiger partial charge in [-0.3, -0.25) is 4.79 Å². The number of ether oxygens (including phenoxy) is 1. The van der Waals surface area contributed by atoms with E-state index in [0.717, 1.165) is 8.26 Å². The molecule has 1 atom stereocenters. The van der Waals surface area contributed by atoms with Crippen LogP contribution in [0.3, 0.4) is 0 Å². The van der Waals surface area contributed by atoms with Crippen LogP contribution in [0.2, 0.25) is 0 Å². The van der Waals surface area contributed by atoms with Crippen LogP contribution in [0.25, 0.3) is 0 Å². The lowest BCUT2D eigenvalue weighted by atomic mass is 10.3. The highest BCUT2D eigenvalue weighted by Crippen LogP contribution is 2.32. The van der Waals surface area contributed by atoms with Gasteiger partial charge >= 0.3 is 0 Å². The molecule has 1 aromatic rings. The molecule has 0 aliphatic carbocycles. The lowest BCUT2D eigenvalue weighted by Crippen LogP contribution is -2.35. The largest absolute Gasteiger partial charge is 0.380 e. The van der Waals surface area contributed by atoms with Crippen molar-refractivity contribution in [1.82, 2.24) is 5.32 Å². The summed E-state index contributed by atoms with van der Waals surface area (Å²) in [5, 5.41) is 2.88. The molecule has 3 nitrogen and oxygen atoms in total. The number of hydrogen-bond donors (Lipinski definition) is 1. The van der Waals surface area contributed by atoms with Gasteiger partial charge in [0.2, 0.25) is 0 Å². The second kappa shape index (κ2) is 6.74. The van der Waals surface area contributed by atoms with Crippen molar-refractivity contribution in [2.24, 2.45) is 0 Å². The molecule has 16 heavy (non-hydrogen) atoms. The average Bonchev–Trinajstić information content (AvgIpc) is 2.56. The van der Waals surface area contributed by atoms with E-state index in [1.165, 1.54) is 11.3 Å². The minimum absolute atomic E-state index is 0.0205. The third-order valence-corrected chi connectivity index (χ3v) is 5.07. The summed E-state index contributed by atoms with van der Waals surface area (Å²) in [6, 6.07) is 1.82. The van der Waals surface area contributed by atoms with E-state index in [-0.39, 0.29) is 11.9 Å². The van der Waals surface area contributed by atoms with Crippen LogP contribution in [0.15, 0.2) is 14.3 Å². The number of amides is 1. The third kappa shape index (κ3) is 4.16. The van der Waals surface area contributed by atoms with Crippen LogP contribution in [-0.4, -0.2) is 25.2 Å². The summed E-state index contributed by atoms with van der Waals surface area (Å²) < 4.78 is 7.06. The van der Waals surface area contributed by atoms with Gasteiger partial charge in [0.25, 0.3) is 5.91 Å². The van der Waals surface area contributed by atoms with Crippen molar-refractivity contribution < 1.29 is 9.53 Å². The number of nitrogens with one attached hydrogen (secondary N) is 1. The smallest absolute Gasteiger partial charge is 0.261 e. The maximum Gasteiger partial charge on any atom is 0.261 e. The summed E-state index contributed by atoms with van der Waals surface area (Å²) >= 11 is 8.12. The van der Waals surface area contributed by atoms with E-state index < -0.39 is 0 Å². The Morgan fingerprint density at radius 3 is 2.81 bits per heavy atom. The van der Waals surface area contributed by atoms with Gasteiger partial charge in [-0.05, 0) is 51.8 Å². The van der Waals surface area contributed by atoms with Gasteiger partial charge in [0.05, 0.1) is 15.3 Å². The molecule has 1 N–H and O–H groups in total. The number of thiophene rings is 1. The predicted molar refractivity (Wildman–Crippen MR) is 73.1 cm³/mol. The highest BCUT2D eigenvalue weighted by atomic mass is 79.9. The van der Waals surface area contributed by atoms with E-state index in [1.54, 1.807) is 6.07 Å². The van der Waals surface area contributed by atoms with E-state index in [0.29, 0.717) is 18.1 Å². The van der Waals surface area contributed by atoms with Gasteiger partial charge in [0, 0.05) is 17.1 Å². The van der Waals surface area contributed by atoms with Crippen LogP contribution in [0.1, 0.15) is 23.5 Å². The van der Waals surface area contributed by atoms with Crippen molar-refractivity contribution in [3.8, 4) is 0 Å². The molecule has 0 saturated heterocycles. The fraction of sp³-hybridized carbons (Fsp3) is 0.500. The first-order valence-corrected chi connectivity index (χ1v) is 7.28. The molecule has 1 unspecified atom stereocenters. The topological polar surface area (TPSA) is 38.3 Å². The lowest BCUT2D eigenvalue weighted by molar-refractivity contribution is 0.0876. The average molecular weight is 371 g/mol. The first-order valence-electron chi connectivity index (χ1n) is 4.88. The van der Waals surface area contributed by atoms with Gasteiger partial charge in [0.1, 0.15) is 0 Å². The zero-order valence-electron chi connectivity index (χ0n) is 9.05. The number of halogens is 2. The second-order valence-electron chi connectivity index (χ2n) is 3.27. The summed E-state index contributed by atoms with van der Waals surface area (Å²) in [6.45, 7) is 5.06. The maximum atomic E-state index is 11.8. The standard InChI is InChI=1S/C10H13Br2NO2S/c1-3-15-5-6(2)13-10(14)8-4-7(11)9(12)16-8/h4,6H,3,5H2,1-2H3,(H,13,14). The fourth-order valence-corrected chi connectivity index (χ4v) is 3.03. The Hall–Kier alpha value is 0.0900. The molecule has 0 aromatic carbocycles. The van der Waals surface area contributed by atoms with Crippen molar-refractivity contribution in [2.75, 3.05) is 13.2 Å². The van der Waals surface area contributed by atoms with Crippen molar-refractivity contribution in [3.63, 3.8) is 0 Å². The molecule has 90 valence electrons. The molecule has 0 fully saturated rings. The van der Waals surface area contributed by atoms with E-state index in [4.69, 9.17) is 4.74 Å². The SMILES string of the molecule is CCOCC(C)NC(=O)c1cc(Br)c(Br)s1. The quantitative estimate of drug-likeness (QED) is 0.862. The Bertz CT molecular complexity index is 348. The Balaban J connectivity index is 2.52. The van der Waals surface area contributed by atoms with Crippen LogP contribution in [0.4, 0.5) is 0 Å². The van der Waals surface area contributed by atoms with Crippen molar-refractivity contribution in [1.29, 1.82) is 0 Å². The molecule has 0 aliphatic heterocycles. The molecule has 1 heterocycles. The first kappa shape index (κ1) is 14.2. The van der Waals surface area contributed by atoms with E-state index >= 15 is 0 Å². The molecule has 0 bridgehead atoms. The van der Waals surface area contributed by atoms with Crippen molar-refractivity contribution >= 4 is 49.1 Å². The zero-order valence-corrected chi connectivity index (χ0v) is 13.0. The van der Waals surface area contributed by atoms with Crippen LogP contribution >= 0.6 is 43.2 Å². The van der Waals surface area contributed by atoms with Crippen LogP contribution in [0, 0.1) is 0 Å². The van der Waals surface area contributed by atoms with Crippen molar-refractivity contribution in [2.45, 2.75) is 19.9 Å². The molecule has 0 spiro atoms. The lowest BCUT2D eigenvalue weighted by Gasteiger charge is -2.12. The minimum Gasteiger partial charge on any atom is -0.380 e. The number of hydrogen-bond acceptors (Lipinski definition) is 3. The zero-order chi connectivity index (χ0) is 12.1. The Morgan fingerprint density at radius 1 is 1.62 bits per heavy atom. The minimum atomic E-state index is -0.0661. The van der Waals surface area contributed by atoms with Gasteiger partial charge < -0.3 is 10.1 Å². The number of carbonyl (C=O) groups excluding carboxylic acids is 1. The number of carbonyl (C=O) groups is 1. The fourth-order valence-electron chi connectivity index (χ4n) is 1.09. The first-order chi connectivity index (χ1) is 7.54. The van der Waals surface area contributed by atoms with Crippen LogP contribution in [-0.2, 0) is 4.74 Å². The van der Waals surface area contributed by atoms with E-state index in [9.17, 15) is 4.79 Å². The monoisotopic (exact) mass is 369 g/mol. The molecular weight excluding hydrogens is 358 g/mol. The predicted octanol–water partition coefficient (Wildman–Crippen LogP) is 3.43. The van der Waals surface area contributed by atoms with Gasteiger partial charge in [0.15, 0.2) is 0 Å². The Labute approximate surface area is 116 Å². The summed E-state index contributed by atoms with van der Waals surface area (Å²) in [5.41, 5.74) is 0. The Morgan fingerprint density at radius 2 is 2.31 bits per heavy atom. The summed E-state index contributed by atoms with van der Waals surface area (Å²) in [6.07, 6.45) is 0. The van der Waals surface area contributed by atoms with Crippen LogP contribution < -0.4 is 5.32 Å². The van der Waals surface area contributed by atoms with Gasteiger partial charge in [-0.2, -0.15) is 0 Å². The van der Waals surface area contributed by atoms with E-state index in [2.05, 4.69) is 37.2 Å². The van der Waals surface area contributed by atoms with Crippen molar-refractivity contribution in [3.05, 3.63) is 19.2 Å². The molecule has 0 aliphatic rings. The normalized spacial score (nSPS) is 12.5. The highest BCUT2D eigenvalue weighted by Gasteiger charge is 2.14. The van der Waals surface area contributed by atoms with Gasteiger partial charge in [-0.15, -0.1) is 11.3 Å².